The number of amides is 1. The van der Waals surface area contributed by atoms with Crippen LogP contribution in [-0.4, -0.2) is 62.0 Å². The SMILES string of the molecule is CCOC(=O)C1=C(OC(=O)c2ccccc2)C(=O)NCC2CCC(OCCOC(=O)c3ccccc3)(C=N1)CC2. The molecule has 2 bridgehead atoms. The van der Waals surface area contributed by atoms with Crippen molar-refractivity contribution in [3.05, 3.63) is 83.2 Å². The number of rotatable bonds is 9. The first kappa shape index (κ1) is 28.7. The van der Waals surface area contributed by atoms with Crippen molar-refractivity contribution in [2.45, 2.75) is 38.2 Å². The molecule has 1 N–H and O–H groups in total. The van der Waals surface area contributed by atoms with Gasteiger partial charge in [0.15, 0.2) is 5.70 Å². The Morgan fingerprint density at radius 1 is 0.875 bits per heavy atom. The lowest BCUT2D eigenvalue weighted by molar-refractivity contribution is -0.139. The average molecular weight is 549 g/mol. The minimum absolute atomic E-state index is 0.0211. The first-order valence-electron chi connectivity index (χ1n) is 13.3. The summed E-state index contributed by atoms with van der Waals surface area (Å²) in [6.07, 6.45) is 4.06. The Balaban J connectivity index is 1.57. The molecule has 10 nitrogen and oxygen atoms in total. The van der Waals surface area contributed by atoms with E-state index < -0.39 is 40.9 Å². The van der Waals surface area contributed by atoms with E-state index in [-0.39, 0.29) is 31.3 Å². The number of nitrogens with zero attached hydrogens (tertiary/aromatic N) is 1. The average Bonchev–Trinajstić information content (AvgIpc) is 3.02. The highest BCUT2D eigenvalue weighted by atomic mass is 16.6. The van der Waals surface area contributed by atoms with Gasteiger partial charge in [0.05, 0.1) is 24.3 Å². The molecule has 0 unspecified atom stereocenters. The molecule has 1 aliphatic carbocycles. The molecule has 5 rings (SSSR count). The molecule has 0 radical (unpaired) electrons. The molecule has 10 heteroatoms. The summed E-state index contributed by atoms with van der Waals surface area (Å²) in [6, 6.07) is 16.8. The summed E-state index contributed by atoms with van der Waals surface area (Å²) in [4.78, 5) is 55.6. The van der Waals surface area contributed by atoms with E-state index in [1.165, 1.54) is 18.3 Å². The number of ether oxygens (including phenoxy) is 4. The molecule has 210 valence electrons. The molecule has 2 aromatic rings. The normalized spacial score (nSPS) is 20.7. The second-order valence-electron chi connectivity index (χ2n) is 9.48. The van der Waals surface area contributed by atoms with Gasteiger partial charge in [0.25, 0.3) is 5.91 Å². The monoisotopic (exact) mass is 548 g/mol. The maximum atomic E-state index is 13.2. The Hall–Kier alpha value is -4.31. The zero-order chi connectivity index (χ0) is 28.4. The van der Waals surface area contributed by atoms with Crippen LogP contribution in [0.3, 0.4) is 0 Å². The van der Waals surface area contributed by atoms with E-state index in [1.807, 2.05) is 6.07 Å². The highest BCUT2D eigenvalue weighted by Gasteiger charge is 2.37. The molecule has 1 amide bonds. The third-order valence-electron chi connectivity index (χ3n) is 6.74. The number of aliphatic imine (C=N–C) groups is 1. The van der Waals surface area contributed by atoms with E-state index in [4.69, 9.17) is 18.9 Å². The van der Waals surface area contributed by atoms with Crippen molar-refractivity contribution in [1.82, 2.24) is 5.32 Å². The Labute approximate surface area is 232 Å². The van der Waals surface area contributed by atoms with Crippen molar-refractivity contribution in [2.24, 2.45) is 10.9 Å². The minimum Gasteiger partial charge on any atom is -0.461 e. The van der Waals surface area contributed by atoms with Crippen molar-refractivity contribution in [2.75, 3.05) is 26.4 Å². The molecular formula is C30H32N2O8. The van der Waals surface area contributed by atoms with E-state index in [0.29, 0.717) is 24.9 Å². The molecule has 0 saturated heterocycles. The number of benzene rings is 2. The molecule has 0 spiro atoms. The van der Waals surface area contributed by atoms with Gasteiger partial charge in [-0.3, -0.25) is 4.79 Å². The maximum Gasteiger partial charge on any atom is 0.361 e. The van der Waals surface area contributed by atoms with Crippen molar-refractivity contribution in [1.29, 1.82) is 0 Å². The second kappa shape index (κ2) is 13.7. The number of hydrogen-bond donors (Lipinski definition) is 1. The van der Waals surface area contributed by atoms with Gasteiger partial charge in [-0.1, -0.05) is 36.4 Å². The van der Waals surface area contributed by atoms with Gasteiger partial charge >= 0.3 is 17.9 Å². The smallest absolute Gasteiger partial charge is 0.361 e. The van der Waals surface area contributed by atoms with Crippen LogP contribution in [0.15, 0.2) is 77.1 Å². The number of nitrogens with one attached hydrogen (secondary N) is 1. The first-order chi connectivity index (χ1) is 19.4. The fourth-order valence-electron chi connectivity index (χ4n) is 4.55. The van der Waals surface area contributed by atoms with Crippen LogP contribution in [0.5, 0.6) is 0 Å². The van der Waals surface area contributed by atoms with Gasteiger partial charge in [-0.2, -0.15) is 0 Å². The van der Waals surface area contributed by atoms with Crippen LogP contribution in [0, 0.1) is 5.92 Å². The quantitative estimate of drug-likeness (QED) is 0.286. The third-order valence-corrected chi connectivity index (χ3v) is 6.74. The number of fused-ring (bicyclic) bond motifs is 6. The summed E-state index contributed by atoms with van der Waals surface area (Å²) in [5.74, 6) is -3.31. The lowest BCUT2D eigenvalue weighted by atomic mass is 9.79. The number of carbonyl (C=O) groups is 4. The van der Waals surface area contributed by atoms with E-state index in [2.05, 4.69) is 10.3 Å². The molecule has 0 aromatic heterocycles. The molecule has 2 aliphatic heterocycles. The summed E-state index contributed by atoms with van der Waals surface area (Å²) in [6.45, 7) is 2.09. The summed E-state index contributed by atoms with van der Waals surface area (Å²) < 4.78 is 22.1. The minimum atomic E-state index is -0.912. The van der Waals surface area contributed by atoms with Crippen LogP contribution in [0.25, 0.3) is 0 Å². The highest BCUT2D eigenvalue weighted by Crippen LogP contribution is 2.34. The standard InChI is InChI=1S/C30H32N2O8/c1-2-37-29(36)24-25(40-28(35)23-11-7-4-8-12-23)26(33)31-19-21-13-15-30(16-14-21,20-32-24)39-18-17-38-27(34)22-9-5-3-6-10-22/h3-12,20-21H,2,13-19H2,1H3,(H,31,33). The van der Waals surface area contributed by atoms with Gasteiger partial charge in [0.2, 0.25) is 5.76 Å². The van der Waals surface area contributed by atoms with E-state index in [0.717, 1.165) is 12.8 Å². The Morgan fingerprint density at radius 3 is 2.12 bits per heavy atom. The largest absolute Gasteiger partial charge is 0.461 e. The predicted octanol–water partition coefficient (Wildman–Crippen LogP) is 3.62. The highest BCUT2D eigenvalue weighted by molar-refractivity contribution is 6.04. The van der Waals surface area contributed by atoms with Gasteiger partial charge < -0.3 is 24.3 Å². The third kappa shape index (κ3) is 7.41. The molecule has 1 saturated carbocycles. The van der Waals surface area contributed by atoms with Crippen LogP contribution in [-0.2, 0) is 28.5 Å². The van der Waals surface area contributed by atoms with Gasteiger partial charge in [-0.25, -0.2) is 19.4 Å². The molecule has 2 aromatic carbocycles. The van der Waals surface area contributed by atoms with Crippen LogP contribution in [0.2, 0.25) is 0 Å². The van der Waals surface area contributed by atoms with Gasteiger partial charge in [0, 0.05) is 12.8 Å². The Morgan fingerprint density at radius 2 is 1.50 bits per heavy atom. The molecular weight excluding hydrogens is 516 g/mol. The number of esters is 3. The molecule has 0 atom stereocenters. The van der Waals surface area contributed by atoms with Crippen molar-refractivity contribution < 1.29 is 38.1 Å². The summed E-state index contributed by atoms with van der Waals surface area (Å²) in [5, 5.41) is 2.78. The van der Waals surface area contributed by atoms with Crippen LogP contribution < -0.4 is 5.32 Å². The van der Waals surface area contributed by atoms with Crippen molar-refractivity contribution in [3.63, 3.8) is 0 Å². The summed E-state index contributed by atoms with van der Waals surface area (Å²) in [5.41, 5.74) is -0.673. The van der Waals surface area contributed by atoms with Crippen LogP contribution in [0.1, 0.15) is 53.3 Å². The Kier molecular flexibility index (Phi) is 9.80. The number of carbonyl (C=O) groups excluding carboxylic acids is 4. The first-order valence-corrected chi connectivity index (χ1v) is 13.3. The summed E-state index contributed by atoms with van der Waals surface area (Å²) >= 11 is 0. The van der Waals surface area contributed by atoms with E-state index >= 15 is 0 Å². The number of hydrogen-bond acceptors (Lipinski definition) is 9. The van der Waals surface area contributed by atoms with Gasteiger partial charge in [0.1, 0.15) is 12.2 Å². The van der Waals surface area contributed by atoms with Crippen LogP contribution >= 0.6 is 0 Å². The van der Waals surface area contributed by atoms with E-state index in [9.17, 15) is 19.2 Å². The van der Waals surface area contributed by atoms with Crippen LogP contribution in [0.4, 0.5) is 0 Å². The fourth-order valence-corrected chi connectivity index (χ4v) is 4.55. The molecule has 3 aliphatic rings. The van der Waals surface area contributed by atoms with E-state index in [1.54, 1.807) is 49.4 Å². The second-order valence-corrected chi connectivity index (χ2v) is 9.48. The van der Waals surface area contributed by atoms with Gasteiger partial charge in [-0.15, -0.1) is 0 Å². The Bertz CT molecular complexity index is 1270. The molecule has 2 heterocycles. The van der Waals surface area contributed by atoms with Crippen molar-refractivity contribution >= 4 is 30.0 Å². The topological polar surface area (TPSA) is 130 Å². The zero-order valence-electron chi connectivity index (χ0n) is 22.3. The summed E-state index contributed by atoms with van der Waals surface area (Å²) in [7, 11) is 0. The van der Waals surface area contributed by atoms with Gasteiger partial charge in [-0.05, 0) is 62.8 Å². The lowest BCUT2D eigenvalue weighted by Crippen LogP contribution is -2.42. The zero-order valence-corrected chi connectivity index (χ0v) is 22.3. The maximum absolute atomic E-state index is 13.2. The molecule has 1 fully saturated rings. The van der Waals surface area contributed by atoms with Crippen molar-refractivity contribution in [3.8, 4) is 0 Å². The predicted molar refractivity (Wildman–Crippen MR) is 144 cm³/mol. The molecule has 40 heavy (non-hydrogen) atoms. The lowest BCUT2D eigenvalue weighted by Gasteiger charge is -2.37. The fraction of sp³-hybridized carbons (Fsp3) is 0.367.